The van der Waals surface area contributed by atoms with E-state index in [1.54, 1.807) is 7.11 Å². The van der Waals surface area contributed by atoms with Gasteiger partial charge < -0.3 is 14.4 Å². The van der Waals surface area contributed by atoms with E-state index >= 15 is 0 Å². The fourth-order valence-electron chi connectivity index (χ4n) is 4.00. The predicted octanol–water partition coefficient (Wildman–Crippen LogP) is 4.04. The lowest BCUT2D eigenvalue weighted by molar-refractivity contribution is -0.137. The smallest absolute Gasteiger partial charge is 0.248 e. The van der Waals surface area contributed by atoms with Gasteiger partial charge in [0.1, 0.15) is 6.61 Å². The van der Waals surface area contributed by atoms with Crippen molar-refractivity contribution in [3.63, 3.8) is 0 Å². The third-order valence-electron chi connectivity index (χ3n) is 5.70. The Hall–Kier alpha value is -2.96. The average Bonchev–Trinajstić information content (AvgIpc) is 3.28. The normalized spacial score (nSPS) is 14.7. The molecule has 0 saturated carbocycles. The molecule has 1 amide bonds. The van der Waals surface area contributed by atoms with Gasteiger partial charge in [-0.15, -0.1) is 0 Å². The zero-order valence-electron chi connectivity index (χ0n) is 17.9. The third-order valence-corrected chi connectivity index (χ3v) is 5.70. The molecular weight excluding hydrogens is 390 g/mol. The van der Waals surface area contributed by atoms with Crippen LogP contribution in [0.25, 0.3) is 22.5 Å². The van der Waals surface area contributed by atoms with Gasteiger partial charge >= 0.3 is 0 Å². The number of ether oxygens (including phenoxy) is 2. The number of methoxy groups -OCH3 is 1. The number of piperidine rings is 1. The van der Waals surface area contributed by atoms with Crippen molar-refractivity contribution in [3.8, 4) is 22.5 Å². The van der Waals surface area contributed by atoms with Gasteiger partial charge in [-0.1, -0.05) is 60.7 Å². The molecule has 0 aliphatic carbocycles. The van der Waals surface area contributed by atoms with E-state index in [1.807, 2.05) is 29.2 Å². The molecule has 0 atom stereocenters. The van der Waals surface area contributed by atoms with Crippen LogP contribution in [0.5, 0.6) is 0 Å². The summed E-state index contributed by atoms with van der Waals surface area (Å²) < 4.78 is 12.5. The summed E-state index contributed by atoms with van der Waals surface area (Å²) in [5.74, 6) is 0.0447. The number of carbonyl (C=O) groups is 1. The standard InChI is InChI=1S/C25H29N3O3/c1-30-16-17-31-19-25(29)27-14-12-22(13-15-27)28-24(21-10-6-3-7-11-21)18-23(26-28)20-8-4-2-5-9-20/h2-11,18,22H,12-17,19H2,1H3. The molecule has 0 spiro atoms. The van der Waals surface area contributed by atoms with Crippen molar-refractivity contribution in [1.29, 1.82) is 0 Å². The van der Waals surface area contributed by atoms with Crippen LogP contribution in [0.3, 0.4) is 0 Å². The molecule has 1 saturated heterocycles. The van der Waals surface area contributed by atoms with Gasteiger partial charge in [0.15, 0.2) is 0 Å². The third kappa shape index (κ3) is 5.21. The van der Waals surface area contributed by atoms with E-state index in [2.05, 4.69) is 47.1 Å². The van der Waals surface area contributed by atoms with E-state index in [-0.39, 0.29) is 18.6 Å². The maximum Gasteiger partial charge on any atom is 0.248 e. The number of nitrogens with zero attached hydrogens (tertiary/aromatic N) is 3. The first-order valence-electron chi connectivity index (χ1n) is 10.8. The maximum absolute atomic E-state index is 12.4. The quantitative estimate of drug-likeness (QED) is 0.517. The molecule has 0 unspecified atom stereocenters. The highest BCUT2D eigenvalue weighted by atomic mass is 16.5. The molecule has 1 aliphatic heterocycles. The first kappa shape index (κ1) is 21.3. The Bertz CT molecular complexity index is 964. The zero-order valence-corrected chi connectivity index (χ0v) is 17.9. The van der Waals surface area contributed by atoms with E-state index in [1.165, 1.54) is 0 Å². The minimum absolute atomic E-state index is 0.0447. The summed E-state index contributed by atoms with van der Waals surface area (Å²) in [6, 6.07) is 23.1. The Labute approximate surface area is 183 Å². The Balaban J connectivity index is 1.49. The Morgan fingerprint density at radius 1 is 0.968 bits per heavy atom. The van der Waals surface area contributed by atoms with Crippen molar-refractivity contribution < 1.29 is 14.3 Å². The monoisotopic (exact) mass is 419 g/mol. The number of benzene rings is 2. The molecular formula is C25H29N3O3. The van der Waals surface area contributed by atoms with Gasteiger partial charge in [-0.05, 0) is 24.5 Å². The summed E-state index contributed by atoms with van der Waals surface area (Å²) >= 11 is 0. The molecule has 0 radical (unpaired) electrons. The maximum atomic E-state index is 12.4. The van der Waals surface area contributed by atoms with Crippen molar-refractivity contribution in [2.45, 2.75) is 18.9 Å². The van der Waals surface area contributed by atoms with Crippen molar-refractivity contribution in [1.82, 2.24) is 14.7 Å². The topological polar surface area (TPSA) is 56.6 Å². The molecule has 4 rings (SSSR count). The summed E-state index contributed by atoms with van der Waals surface area (Å²) in [4.78, 5) is 14.3. The molecule has 1 fully saturated rings. The van der Waals surface area contributed by atoms with Crippen LogP contribution in [0.1, 0.15) is 18.9 Å². The van der Waals surface area contributed by atoms with Crippen LogP contribution in [0, 0.1) is 0 Å². The second kappa shape index (κ2) is 10.4. The largest absolute Gasteiger partial charge is 0.382 e. The van der Waals surface area contributed by atoms with Gasteiger partial charge in [0.25, 0.3) is 0 Å². The zero-order chi connectivity index (χ0) is 21.5. The van der Waals surface area contributed by atoms with Crippen LogP contribution < -0.4 is 0 Å². The van der Waals surface area contributed by atoms with Gasteiger partial charge in [0.05, 0.1) is 30.6 Å². The van der Waals surface area contributed by atoms with Crippen molar-refractivity contribution in [3.05, 3.63) is 66.7 Å². The Morgan fingerprint density at radius 3 is 2.26 bits per heavy atom. The number of hydrogen-bond donors (Lipinski definition) is 0. The molecule has 2 heterocycles. The lowest BCUT2D eigenvalue weighted by Crippen LogP contribution is -2.41. The molecule has 1 aliphatic rings. The van der Waals surface area contributed by atoms with Crippen LogP contribution in [0.2, 0.25) is 0 Å². The van der Waals surface area contributed by atoms with E-state index in [0.29, 0.717) is 26.3 Å². The molecule has 0 bridgehead atoms. The van der Waals surface area contributed by atoms with Crippen molar-refractivity contribution >= 4 is 5.91 Å². The summed E-state index contributed by atoms with van der Waals surface area (Å²) in [6.45, 7) is 2.48. The molecule has 2 aromatic carbocycles. The predicted molar refractivity (Wildman–Crippen MR) is 121 cm³/mol. The number of aromatic nitrogens is 2. The van der Waals surface area contributed by atoms with Crippen molar-refractivity contribution in [2.24, 2.45) is 0 Å². The Kier molecular flexibility index (Phi) is 7.12. The fourth-order valence-corrected chi connectivity index (χ4v) is 4.00. The molecule has 6 nitrogen and oxygen atoms in total. The van der Waals surface area contributed by atoms with Crippen molar-refractivity contribution in [2.75, 3.05) is 40.0 Å². The molecule has 162 valence electrons. The van der Waals surface area contributed by atoms with Gasteiger partial charge in [-0.25, -0.2) is 0 Å². The SMILES string of the molecule is COCCOCC(=O)N1CCC(n2nc(-c3ccccc3)cc2-c2ccccc2)CC1. The minimum atomic E-state index is 0.0447. The Morgan fingerprint density at radius 2 is 1.61 bits per heavy atom. The van der Waals surface area contributed by atoms with Gasteiger partial charge in [-0.2, -0.15) is 5.10 Å². The van der Waals surface area contributed by atoms with Gasteiger partial charge in [-0.3, -0.25) is 9.48 Å². The second-order valence-corrected chi connectivity index (χ2v) is 7.75. The number of likely N-dealkylation sites (tertiary alicyclic amines) is 1. The first-order chi connectivity index (χ1) is 15.3. The molecule has 6 heteroatoms. The van der Waals surface area contributed by atoms with Gasteiger partial charge in [0, 0.05) is 25.8 Å². The van der Waals surface area contributed by atoms with E-state index in [9.17, 15) is 4.79 Å². The lowest BCUT2D eigenvalue weighted by atomic mass is 10.0. The summed E-state index contributed by atoms with van der Waals surface area (Å²) in [5.41, 5.74) is 4.36. The number of carbonyl (C=O) groups excluding carboxylic acids is 1. The average molecular weight is 420 g/mol. The van der Waals surface area contributed by atoms with E-state index < -0.39 is 0 Å². The number of hydrogen-bond acceptors (Lipinski definition) is 4. The first-order valence-corrected chi connectivity index (χ1v) is 10.8. The van der Waals surface area contributed by atoms with Crippen LogP contribution in [0.4, 0.5) is 0 Å². The second-order valence-electron chi connectivity index (χ2n) is 7.75. The molecule has 3 aromatic rings. The summed E-state index contributed by atoms with van der Waals surface area (Å²) in [6.07, 6.45) is 1.75. The molecule has 31 heavy (non-hydrogen) atoms. The highest BCUT2D eigenvalue weighted by Gasteiger charge is 2.26. The number of amides is 1. The summed E-state index contributed by atoms with van der Waals surface area (Å²) in [5, 5.41) is 5.00. The van der Waals surface area contributed by atoms with E-state index in [0.717, 1.165) is 35.4 Å². The lowest BCUT2D eigenvalue weighted by Gasteiger charge is -2.32. The number of rotatable bonds is 8. The van der Waals surface area contributed by atoms with Crippen LogP contribution in [-0.2, 0) is 14.3 Å². The minimum Gasteiger partial charge on any atom is -0.382 e. The van der Waals surface area contributed by atoms with Crippen LogP contribution in [0.15, 0.2) is 66.7 Å². The molecule has 1 aromatic heterocycles. The van der Waals surface area contributed by atoms with Gasteiger partial charge in [0.2, 0.25) is 5.91 Å². The summed E-state index contributed by atoms with van der Waals surface area (Å²) in [7, 11) is 1.62. The van der Waals surface area contributed by atoms with Crippen LogP contribution >= 0.6 is 0 Å². The van der Waals surface area contributed by atoms with E-state index in [4.69, 9.17) is 14.6 Å². The highest BCUT2D eigenvalue weighted by molar-refractivity contribution is 5.77. The fraction of sp³-hybridized carbons (Fsp3) is 0.360. The highest BCUT2D eigenvalue weighted by Crippen LogP contribution is 2.32. The molecule has 0 N–H and O–H groups in total. The van der Waals surface area contributed by atoms with Crippen LogP contribution in [-0.4, -0.2) is 60.6 Å².